The van der Waals surface area contributed by atoms with Crippen LogP contribution in [0, 0.1) is 24.0 Å². The van der Waals surface area contributed by atoms with Gasteiger partial charge in [-0.2, -0.15) is 5.10 Å². The number of hydrogen-bond acceptors (Lipinski definition) is 7. The summed E-state index contributed by atoms with van der Waals surface area (Å²) in [5.41, 5.74) is 1.64. The summed E-state index contributed by atoms with van der Waals surface area (Å²) in [5.74, 6) is 0.533. The third kappa shape index (κ3) is 2.06. The number of hydrogen-bond donors (Lipinski definition) is 0. The van der Waals surface area contributed by atoms with E-state index >= 15 is 0 Å². The third-order valence-electron chi connectivity index (χ3n) is 3.66. The van der Waals surface area contributed by atoms with Gasteiger partial charge in [0.15, 0.2) is 11.5 Å². The van der Waals surface area contributed by atoms with Crippen molar-refractivity contribution < 1.29 is 4.92 Å². The largest absolute Gasteiger partial charge is 0.312 e. The third-order valence-corrected chi connectivity index (χ3v) is 4.48. The van der Waals surface area contributed by atoms with Crippen LogP contribution >= 0.6 is 11.3 Å². The molecule has 0 radical (unpaired) electrons. The minimum absolute atomic E-state index is 0.0376. The minimum Gasteiger partial charge on any atom is -0.258 e. The summed E-state index contributed by atoms with van der Waals surface area (Å²) < 4.78 is 3.17. The van der Waals surface area contributed by atoms with Crippen LogP contribution in [0.15, 0.2) is 17.8 Å². The molecule has 4 rings (SSSR count). The molecule has 0 saturated carbocycles. The van der Waals surface area contributed by atoms with Gasteiger partial charge in [0.25, 0.3) is 0 Å². The van der Waals surface area contributed by atoms with Crippen LogP contribution in [0.3, 0.4) is 0 Å². The molecule has 10 heteroatoms. The summed E-state index contributed by atoms with van der Waals surface area (Å²) in [6, 6.07) is 1.95. The Labute approximate surface area is 133 Å². The molecule has 23 heavy (non-hydrogen) atoms. The van der Waals surface area contributed by atoms with Crippen molar-refractivity contribution in [3.63, 3.8) is 0 Å². The van der Waals surface area contributed by atoms with Crippen LogP contribution in [0.2, 0.25) is 0 Å². The second-order valence-electron chi connectivity index (χ2n) is 5.11. The van der Waals surface area contributed by atoms with Gasteiger partial charge in [-0.1, -0.05) is 0 Å². The van der Waals surface area contributed by atoms with E-state index in [1.807, 2.05) is 11.4 Å². The van der Waals surface area contributed by atoms with Crippen LogP contribution in [0.4, 0.5) is 5.69 Å². The summed E-state index contributed by atoms with van der Waals surface area (Å²) in [6.07, 6.45) is 1.62. The van der Waals surface area contributed by atoms with E-state index in [0.29, 0.717) is 17.2 Å². The molecule has 0 aromatic carbocycles. The van der Waals surface area contributed by atoms with Crippen molar-refractivity contribution in [2.45, 2.75) is 20.4 Å². The van der Waals surface area contributed by atoms with Crippen LogP contribution < -0.4 is 0 Å². The molecule has 0 N–H and O–H groups in total. The smallest absolute Gasteiger partial charge is 0.258 e. The summed E-state index contributed by atoms with van der Waals surface area (Å²) in [4.78, 5) is 20.4. The van der Waals surface area contributed by atoms with Gasteiger partial charge in [-0.15, -0.1) is 16.4 Å². The summed E-state index contributed by atoms with van der Waals surface area (Å²) in [6.45, 7) is 3.57. The van der Waals surface area contributed by atoms with Crippen LogP contribution in [0.1, 0.15) is 17.2 Å². The Bertz CT molecular complexity index is 1060. The van der Waals surface area contributed by atoms with Crippen molar-refractivity contribution in [2.24, 2.45) is 0 Å². The van der Waals surface area contributed by atoms with E-state index in [9.17, 15) is 10.1 Å². The molecule has 0 fully saturated rings. The number of rotatable bonds is 3. The first-order valence-corrected chi connectivity index (χ1v) is 7.68. The average Bonchev–Trinajstić information content (AvgIpc) is 3.16. The molecule has 0 saturated heterocycles. The summed E-state index contributed by atoms with van der Waals surface area (Å²) in [5, 5.41) is 22.6. The molecule has 0 aliphatic rings. The van der Waals surface area contributed by atoms with Gasteiger partial charge >= 0.3 is 5.69 Å². The van der Waals surface area contributed by atoms with Gasteiger partial charge in [0.2, 0.25) is 0 Å². The van der Waals surface area contributed by atoms with Crippen molar-refractivity contribution in [3.05, 3.63) is 45.1 Å². The minimum atomic E-state index is -0.413. The maximum absolute atomic E-state index is 11.1. The van der Waals surface area contributed by atoms with Gasteiger partial charge in [0, 0.05) is 0 Å². The molecular formula is C13H11N7O2S. The highest BCUT2D eigenvalue weighted by molar-refractivity contribution is 7.16. The average molecular weight is 329 g/mol. The van der Waals surface area contributed by atoms with Gasteiger partial charge in [-0.3, -0.25) is 14.8 Å². The van der Waals surface area contributed by atoms with E-state index in [1.54, 1.807) is 40.7 Å². The Morgan fingerprint density at radius 2 is 2.17 bits per heavy atom. The van der Waals surface area contributed by atoms with E-state index in [1.165, 1.54) is 0 Å². The predicted octanol–water partition coefficient (Wildman–Crippen LogP) is 2.11. The van der Waals surface area contributed by atoms with Crippen molar-refractivity contribution in [3.8, 4) is 0 Å². The maximum Gasteiger partial charge on any atom is 0.312 e. The number of aromatic nitrogens is 6. The number of nitrogens with zero attached hydrogens (tertiary/aromatic N) is 7. The first-order valence-electron chi connectivity index (χ1n) is 6.80. The first-order chi connectivity index (χ1) is 11.0. The topological polar surface area (TPSA) is 104 Å². The molecule has 4 heterocycles. The quantitative estimate of drug-likeness (QED) is 0.421. The normalized spacial score (nSPS) is 11.6. The highest BCUT2D eigenvalue weighted by Crippen LogP contribution is 2.24. The fourth-order valence-corrected chi connectivity index (χ4v) is 3.34. The number of nitro groups is 1. The Morgan fingerprint density at radius 1 is 1.35 bits per heavy atom. The highest BCUT2D eigenvalue weighted by Gasteiger charge is 2.22. The molecular weight excluding hydrogens is 318 g/mol. The molecule has 0 spiro atoms. The Kier molecular flexibility index (Phi) is 2.88. The molecule has 0 amide bonds. The maximum atomic E-state index is 11.1. The molecule has 0 bridgehead atoms. The standard InChI is InChI=1S/C13H11N7O2S/c1-7-11(20(21)22)8(2)18(16-7)5-10-15-12-9-3-4-23-13(9)14-6-19(12)17-10/h3-4,6H,5H2,1-2H3. The SMILES string of the molecule is Cc1nn(Cc2nc3c4ccsc4ncn3n2)c(C)c1[N+](=O)[O-]. The summed E-state index contributed by atoms with van der Waals surface area (Å²) >= 11 is 1.54. The second-order valence-corrected chi connectivity index (χ2v) is 6.01. The van der Waals surface area contributed by atoms with Gasteiger partial charge in [0.05, 0.1) is 10.3 Å². The van der Waals surface area contributed by atoms with Crippen LogP contribution in [0.5, 0.6) is 0 Å². The van der Waals surface area contributed by atoms with E-state index < -0.39 is 4.92 Å². The lowest BCUT2D eigenvalue weighted by Crippen LogP contribution is -2.06. The monoisotopic (exact) mass is 329 g/mol. The molecule has 0 aliphatic heterocycles. The van der Waals surface area contributed by atoms with E-state index in [0.717, 1.165) is 15.9 Å². The van der Waals surface area contributed by atoms with Gasteiger partial charge in [0.1, 0.15) is 29.1 Å². The Morgan fingerprint density at radius 3 is 2.91 bits per heavy atom. The zero-order valence-electron chi connectivity index (χ0n) is 12.3. The van der Waals surface area contributed by atoms with E-state index in [2.05, 4.69) is 20.2 Å². The number of aryl methyl sites for hydroxylation is 1. The van der Waals surface area contributed by atoms with Crippen molar-refractivity contribution in [1.29, 1.82) is 0 Å². The van der Waals surface area contributed by atoms with Gasteiger partial charge in [-0.25, -0.2) is 14.5 Å². The zero-order chi connectivity index (χ0) is 16.1. The molecule has 0 atom stereocenters. The lowest BCUT2D eigenvalue weighted by Gasteiger charge is -1.98. The Hall–Kier alpha value is -2.88. The fraction of sp³-hybridized carbons (Fsp3) is 0.231. The molecule has 9 nitrogen and oxygen atoms in total. The van der Waals surface area contributed by atoms with Crippen molar-refractivity contribution >= 4 is 32.9 Å². The second kappa shape index (κ2) is 4.81. The number of fused-ring (bicyclic) bond motifs is 3. The van der Waals surface area contributed by atoms with Crippen molar-refractivity contribution in [2.75, 3.05) is 0 Å². The van der Waals surface area contributed by atoms with E-state index in [-0.39, 0.29) is 12.2 Å². The summed E-state index contributed by atoms with van der Waals surface area (Å²) in [7, 11) is 0. The molecule has 0 aliphatic carbocycles. The van der Waals surface area contributed by atoms with E-state index in [4.69, 9.17) is 0 Å². The fourth-order valence-electron chi connectivity index (χ4n) is 2.62. The molecule has 0 unspecified atom stereocenters. The first kappa shape index (κ1) is 13.8. The predicted molar refractivity (Wildman–Crippen MR) is 83.6 cm³/mol. The lowest BCUT2D eigenvalue weighted by molar-refractivity contribution is -0.386. The molecule has 116 valence electrons. The zero-order valence-corrected chi connectivity index (χ0v) is 13.1. The van der Waals surface area contributed by atoms with Gasteiger partial charge < -0.3 is 0 Å². The molecule has 4 aromatic heterocycles. The van der Waals surface area contributed by atoms with Crippen LogP contribution in [-0.4, -0.2) is 34.3 Å². The highest BCUT2D eigenvalue weighted by atomic mass is 32.1. The van der Waals surface area contributed by atoms with Crippen molar-refractivity contribution in [1.82, 2.24) is 29.4 Å². The molecule has 4 aromatic rings. The van der Waals surface area contributed by atoms with Crippen LogP contribution in [-0.2, 0) is 6.54 Å². The Balaban J connectivity index is 1.79. The lowest BCUT2D eigenvalue weighted by atomic mass is 10.3. The van der Waals surface area contributed by atoms with Gasteiger partial charge in [-0.05, 0) is 25.3 Å². The van der Waals surface area contributed by atoms with Crippen LogP contribution in [0.25, 0.3) is 15.9 Å². The number of thiophene rings is 1.